The van der Waals surface area contributed by atoms with Crippen molar-refractivity contribution in [2.45, 2.75) is 0 Å². The third-order valence-corrected chi connectivity index (χ3v) is 2.97. The van der Waals surface area contributed by atoms with Gasteiger partial charge in [0.15, 0.2) is 5.75 Å². The molecular formula is C12H13NO2Si. The molecule has 0 aliphatic heterocycles. The SMILES string of the molecule is [SiH3]c1ccccc1ONOc1ccccc1. The van der Waals surface area contributed by atoms with Crippen LogP contribution in [0.5, 0.6) is 11.5 Å². The van der Waals surface area contributed by atoms with E-state index in [9.17, 15) is 0 Å². The van der Waals surface area contributed by atoms with Gasteiger partial charge in [-0.1, -0.05) is 36.4 Å². The van der Waals surface area contributed by atoms with Gasteiger partial charge in [0.2, 0.25) is 0 Å². The number of benzene rings is 2. The van der Waals surface area contributed by atoms with E-state index in [1.54, 1.807) is 0 Å². The molecule has 16 heavy (non-hydrogen) atoms. The molecular weight excluding hydrogens is 218 g/mol. The number of hydrogen-bond donors (Lipinski definition) is 1. The molecule has 0 aliphatic rings. The smallest absolute Gasteiger partial charge is 0.151 e. The van der Waals surface area contributed by atoms with Crippen molar-refractivity contribution in [3.8, 4) is 11.5 Å². The molecule has 0 saturated carbocycles. The molecule has 0 amide bonds. The van der Waals surface area contributed by atoms with Crippen molar-refractivity contribution >= 4 is 15.4 Å². The maximum absolute atomic E-state index is 5.30. The van der Waals surface area contributed by atoms with Crippen LogP contribution in [-0.4, -0.2) is 10.2 Å². The lowest BCUT2D eigenvalue weighted by molar-refractivity contribution is -0.0183. The van der Waals surface area contributed by atoms with Crippen LogP contribution in [0.3, 0.4) is 0 Å². The molecule has 4 heteroatoms. The van der Waals surface area contributed by atoms with Crippen molar-refractivity contribution in [3.63, 3.8) is 0 Å². The van der Waals surface area contributed by atoms with Gasteiger partial charge >= 0.3 is 0 Å². The second kappa shape index (κ2) is 5.34. The van der Waals surface area contributed by atoms with Gasteiger partial charge < -0.3 is 9.68 Å². The fourth-order valence-corrected chi connectivity index (χ4v) is 1.73. The van der Waals surface area contributed by atoms with Crippen LogP contribution in [0, 0.1) is 0 Å². The summed E-state index contributed by atoms with van der Waals surface area (Å²) in [6, 6.07) is 17.3. The zero-order valence-corrected chi connectivity index (χ0v) is 11.0. The summed E-state index contributed by atoms with van der Waals surface area (Å²) in [7, 11) is 0.942. The first kappa shape index (κ1) is 10.7. The highest BCUT2D eigenvalue weighted by Gasteiger charge is 1.97. The van der Waals surface area contributed by atoms with Crippen molar-refractivity contribution < 1.29 is 9.68 Å². The number of nitrogens with one attached hydrogen (secondary N) is 1. The molecule has 0 unspecified atom stereocenters. The molecule has 0 atom stereocenters. The summed E-state index contributed by atoms with van der Waals surface area (Å²) in [5.41, 5.74) is 2.48. The van der Waals surface area contributed by atoms with E-state index < -0.39 is 0 Å². The Morgan fingerprint density at radius 3 is 2.25 bits per heavy atom. The zero-order chi connectivity index (χ0) is 11.2. The van der Waals surface area contributed by atoms with Crippen LogP contribution in [0.1, 0.15) is 0 Å². The molecule has 2 aromatic rings. The Morgan fingerprint density at radius 2 is 1.50 bits per heavy atom. The Bertz CT molecular complexity index is 448. The highest BCUT2D eigenvalue weighted by Crippen LogP contribution is 2.07. The molecule has 0 saturated heterocycles. The monoisotopic (exact) mass is 231 g/mol. The molecule has 0 aliphatic carbocycles. The van der Waals surface area contributed by atoms with Crippen molar-refractivity contribution in [3.05, 3.63) is 54.6 Å². The highest BCUT2D eigenvalue weighted by molar-refractivity contribution is 6.34. The summed E-state index contributed by atoms with van der Waals surface area (Å²) < 4.78 is 0. The Hall–Kier alpha value is -1.78. The van der Waals surface area contributed by atoms with Gasteiger partial charge in [-0.2, -0.15) is 0 Å². The number of para-hydroxylation sites is 2. The third-order valence-electron chi connectivity index (χ3n) is 2.15. The van der Waals surface area contributed by atoms with Gasteiger partial charge in [0.25, 0.3) is 0 Å². The first-order chi connectivity index (χ1) is 7.86. The molecule has 0 bridgehead atoms. The van der Waals surface area contributed by atoms with Gasteiger partial charge in [-0.3, -0.25) is 0 Å². The summed E-state index contributed by atoms with van der Waals surface area (Å²) in [6.07, 6.45) is 0. The minimum atomic E-state index is 0.716. The summed E-state index contributed by atoms with van der Waals surface area (Å²) >= 11 is 0. The number of rotatable bonds is 4. The Labute approximate surface area is 97.3 Å². The van der Waals surface area contributed by atoms with Crippen LogP contribution >= 0.6 is 0 Å². The van der Waals surface area contributed by atoms with Crippen molar-refractivity contribution in [2.75, 3.05) is 0 Å². The zero-order valence-electron chi connectivity index (χ0n) is 9.01. The van der Waals surface area contributed by atoms with Gasteiger partial charge in [0.1, 0.15) is 5.75 Å². The normalized spacial score (nSPS) is 10.0. The van der Waals surface area contributed by atoms with Crippen molar-refractivity contribution in [1.82, 2.24) is 5.64 Å². The summed E-state index contributed by atoms with van der Waals surface area (Å²) in [6.45, 7) is 0. The minimum Gasteiger partial charge on any atom is -0.374 e. The van der Waals surface area contributed by atoms with Gasteiger partial charge in [-0.05, 0) is 23.4 Å². The first-order valence-corrected chi connectivity index (χ1v) is 6.05. The van der Waals surface area contributed by atoms with Gasteiger partial charge in [0.05, 0.1) is 0 Å². The standard InChI is InChI=1S/C12H13NO2Si/c16-12-9-5-4-8-11(12)15-13-14-10-6-2-1-3-7-10/h1-9,13H,16H3. The lowest BCUT2D eigenvalue weighted by Gasteiger charge is -2.09. The van der Waals surface area contributed by atoms with E-state index in [0.717, 1.165) is 16.0 Å². The van der Waals surface area contributed by atoms with Crippen LogP contribution in [0.15, 0.2) is 54.6 Å². The minimum absolute atomic E-state index is 0.716. The summed E-state index contributed by atoms with van der Waals surface area (Å²) in [5, 5.41) is 1.19. The fourth-order valence-electron chi connectivity index (χ4n) is 1.27. The predicted octanol–water partition coefficient (Wildman–Crippen LogP) is 0.555. The van der Waals surface area contributed by atoms with E-state index in [0.29, 0.717) is 5.75 Å². The fraction of sp³-hybridized carbons (Fsp3) is 0. The van der Waals surface area contributed by atoms with Crippen LogP contribution < -0.4 is 20.5 Å². The lowest BCUT2D eigenvalue weighted by Crippen LogP contribution is -2.25. The van der Waals surface area contributed by atoms with E-state index in [2.05, 4.69) is 5.64 Å². The maximum Gasteiger partial charge on any atom is 0.151 e. The van der Waals surface area contributed by atoms with E-state index in [1.165, 1.54) is 5.19 Å². The second-order valence-electron chi connectivity index (χ2n) is 3.37. The van der Waals surface area contributed by atoms with Crippen LogP contribution in [0.2, 0.25) is 0 Å². The first-order valence-electron chi connectivity index (χ1n) is 5.05. The molecule has 2 aromatic carbocycles. The molecule has 0 aromatic heterocycles. The predicted molar refractivity (Wildman–Crippen MR) is 66.8 cm³/mol. The van der Waals surface area contributed by atoms with Gasteiger partial charge in [0, 0.05) is 15.9 Å². The third kappa shape index (κ3) is 2.85. The lowest BCUT2D eigenvalue weighted by atomic mass is 10.3. The van der Waals surface area contributed by atoms with Crippen molar-refractivity contribution in [1.29, 1.82) is 0 Å². The molecule has 1 N–H and O–H groups in total. The Kier molecular flexibility index (Phi) is 3.58. The molecule has 0 fully saturated rings. The van der Waals surface area contributed by atoms with Gasteiger partial charge in [-0.15, -0.1) is 0 Å². The molecule has 2 rings (SSSR count). The Morgan fingerprint density at radius 1 is 0.812 bits per heavy atom. The average molecular weight is 231 g/mol. The molecule has 3 nitrogen and oxygen atoms in total. The molecule has 0 radical (unpaired) electrons. The van der Waals surface area contributed by atoms with Crippen LogP contribution in [0.25, 0.3) is 0 Å². The Balaban J connectivity index is 1.87. The van der Waals surface area contributed by atoms with E-state index in [1.807, 2.05) is 54.6 Å². The highest BCUT2D eigenvalue weighted by atomic mass is 28.1. The second-order valence-corrected chi connectivity index (χ2v) is 4.44. The number of hydrogen-bond acceptors (Lipinski definition) is 3. The van der Waals surface area contributed by atoms with E-state index >= 15 is 0 Å². The van der Waals surface area contributed by atoms with Crippen LogP contribution in [-0.2, 0) is 0 Å². The van der Waals surface area contributed by atoms with Gasteiger partial charge in [-0.25, -0.2) is 0 Å². The molecule has 82 valence electrons. The van der Waals surface area contributed by atoms with Crippen molar-refractivity contribution in [2.24, 2.45) is 0 Å². The van der Waals surface area contributed by atoms with E-state index in [4.69, 9.17) is 9.68 Å². The summed E-state index contributed by atoms with van der Waals surface area (Å²) in [4.78, 5) is 10.5. The maximum atomic E-state index is 5.30. The topological polar surface area (TPSA) is 30.5 Å². The average Bonchev–Trinajstić information content (AvgIpc) is 2.33. The quantitative estimate of drug-likeness (QED) is 0.616. The van der Waals surface area contributed by atoms with Crippen LogP contribution in [0.4, 0.5) is 0 Å². The molecule has 0 heterocycles. The molecule has 0 spiro atoms. The van der Waals surface area contributed by atoms with E-state index in [-0.39, 0.29) is 0 Å². The largest absolute Gasteiger partial charge is 0.374 e. The summed E-state index contributed by atoms with van der Waals surface area (Å²) in [5.74, 6) is 1.53.